The van der Waals surface area contributed by atoms with E-state index in [0.717, 1.165) is 22.3 Å². The Morgan fingerprint density at radius 1 is 1.00 bits per heavy atom. The molecule has 0 aromatic heterocycles. The van der Waals surface area contributed by atoms with E-state index < -0.39 is 36.3 Å². The number of esters is 1. The van der Waals surface area contributed by atoms with Crippen molar-refractivity contribution in [3.8, 4) is 11.1 Å². The van der Waals surface area contributed by atoms with Crippen LogP contribution in [0.15, 0.2) is 48.5 Å². The van der Waals surface area contributed by atoms with Crippen LogP contribution in [0.4, 0.5) is 4.79 Å². The lowest BCUT2D eigenvalue weighted by atomic mass is 9.98. The fourth-order valence-corrected chi connectivity index (χ4v) is 4.86. The fraction of sp³-hybridized carbons (Fsp3) is 0.481. The third-order valence-electron chi connectivity index (χ3n) is 6.60. The van der Waals surface area contributed by atoms with Gasteiger partial charge in [0.2, 0.25) is 0 Å². The monoisotopic (exact) mass is 499 g/mol. The predicted molar refractivity (Wildman–Crippen MR) is 130 cm³/mol. The number of hydrogen-bond donors (Lipinski definition) is 0. The summed E-state index contributed by atoms with van der Waals surface area (Å²) in [5, 5.41) is 0. The van der Waals surface area contributed by atoms with Crippen LogP contribution >= 0.6 is 0 Å². The molecular weight excluding hydrogens is 466 g/mol. The molecule has 0 radical (unpaired) electrons. The van der Waals surface area contributed by atoms with Crippen molar-refractivity contribution in [2.24, 2.45) is 0 Å². The second-order valence-electron chi connectivity index (χ2n) is 9.19. The van der Waals surface area contributed by atoms with E-state index in [4.69, 9.17) is 28.4 Å². The highest BCUT2D eigenvalue weighted by Gasteiger charge is 2.46. The van der Waals surface area contributed by atoms with Crippen molar-refractivity contribution in [3.63, 3.8) is 0 Å². The minimum absolute atomic E-state index is 0.0796. The van der Waals surface area contributed by atoms with Gasteiger partial charge < -0.3 is 28.4 Å². The molecule has 1 amide bonds. The number of fused-ring (bicyclic) bond motifs is 3. The lowest BCUT2D eigenvalue weighted by molar-refractivity contribution is -0.169. The molecule has 0 spiro atoms. The maximum Gasteiger partial charge on any atom is 0.410 e. The van der Waals surface area contributed by atoms with E-state index in [1.807, 2.05) is 36.4 Å². The van der Waals surface area contributed by atoms with Crippen LogP contribution in [0.2, 0.25) is 0 Å². The van der Waals surface area contributed by atoms with E-state index in [2.05, 4.69) is 12.1 Å². The number of carbonyl (C=O) groups is 2. The fourth-order valence-electron chi connectivity index (χ4n) is 4.86. The van der Waals surface area contributed by atoms with Gasteiger partial charge in [-0.15, -0.1) is 0 Å². The average Bonchev–Trinajstić information content (AvgIpc) is 3.41. The highest BCUT2D eigenvalue weighted by atomic mass is 16.7. The summed E-state index contributed by atoms with van der Waals surface area (Å²) in [5.41, 5.74) is 4.42. The van der Waals surface area contributed by atoms with E-state index in [9.17, 15) is 9.59 Å². The Kier molecular flexibility index (Phi) is 7.94. The highest BCUT2D eigenvalue weighted by molar-refractivity contribution is 5.82. The van der Waals surface area contributed by atoms with Gasteiger partial charge in [-0.1, -0.05) is 48.5 Å². The summed E-state index contributed by atoms with van der Waals surface area (Å²) in [5.74, 6) is -1.70. The van der Waals surface area contributed by atoms with Gasteiger partial charge in [-0.25, -0.2) is 9.59 Å². The normalized spacial score (nSPS) is 19.0. The molecule has 2 aromatic rings. The molecule has 36 heavy (non-hydrogen) atoms. The number of rotatable bonds is 9. The number of hydrogen-bond acceptors (Lipinski definition) is 8. The average molecular weight is 500 g/mol. The smallest absolute Gasteiger partial charge is 0.410 e. The molecule has 2 atom stereocenters. The molecule has 0 saturated carbocycles. The summed E-state index contributed by atoms with van der Waals surface area (Å²) < 4.78 is 33.1. The predicted octanol–water partition coefficient (Wildman–Crippen LogP) is 3.55. The first kappa shape index (κ1) is 26.1. The van der Waals surface area contributed by atoms with Crippen LogP contribution in [0, 0.1) is 0 Å². The first-order chi connectivity index (χ1) is 17.3. The first-order valence-electron chi connectivity index (χ1n) is 11.9. The van der Waals surface area contributed by atoms with Crippen LogP contribution in [-0.2, 0) is 33.2 Å². The van der Waals surface area contributed by atoms with Crippen LogP contribution in [0.1, 0.15) is 30.9 Å². The summed E-state index contributed by atoms with van der Waals surface area (Å²) in [6.45, 7) is 3.60. The summed E-state index contributed by atoms with van der Waals surface area (Å²) in [6.07, 6.45) is -2.27. The third kappa shape index (κ3) is 5.24. The molecule has 9 nitrogen and oxygen atoms in total. The van der Waals surface area contributed by atoms with Crippen LogP contribution in [0.3, 0.4) is 0 Å². The van der Waals surface area contributed by atoms with Crippen molar-refractivity contribution >= 4 is 12.1 Å². The lowest BCUT2D eigenvalue weighted by Crippen LogP contribution is -2.56. The maximum absolute atomic E-state index is 13.6. The van der Waals surface area contributed by atoms with Crippen molar-refractivity contribution in [2.45, 2.75) is 44.0 Å². The van der Waals surface area contributed by atoms with Gasteiger partial charge >= 0.3 is 12.1 Å². The number of benzene rings is 2. The van der Waals surface area contributed by atoms with Crippen molar-refractivity contribution in [3.05, 3.63) is 59.7 Å². The standard InChI is InChI=1S/C27H33NO8/c1-27(2)35-16-22(36-27)24(25(29)33-5)28(14-23(31-3)32-4)26(30)34-15-21-19-12-8-6-10-17(19)18-11-7-9-13-20(18)21/h6-13,21-24H,14-16H2,1-5H3/t22-,24?/m0/s1. The Morgan fingerprint density at radius 3 is 2.08 bits per heavy atom. The van der Waals surface area contributed by atoms with Gasteiger partial charge in [-0.3, -0.25) is 4.90 Å². The Hall–Kier alpha value is -2.98. The van der Waals surface area contributed by atoms with E-state index in [1.54, 1.807) is 13.8 Å². The van der Waals surface area contributed by atoms with Gasteiger partial charge in [0.15, 0.2) is 18.1 Å². The summed E-state index contributed by atoms with van der Waals surface area (Å²) in [6, 6.07) is 15.0. The van der Waals surface area contributed by atoms with E-state index in [-0.39, 0.29) is 25.7 Å². The van der Waals surface area contributed by atoms with E-state index >= 15 is 0 Å². The SMILES string of the molecule is COC(=O)C([C@@H]1COC(C)(C)O1)N(CC(OC)OC)C(=O)OCC1c2ccccc2-c2ccccc21. The van der Waals surface area contributed by atoms with Crippen molar-refractivity contribution in [1.82, 2.24) is 4.90 Å². The molecule has 1 unspecified atom stereocenters. The summed E-state index contributed by atoms with van der Waals surface area (Å²) >= 11 is 0. The zero-order valence-electron chi connectivity index (χ0n) is 21.3. The quantitative estimate of drug-likeness (QED) is 0.382. The number of methoxy groups -OCH3 is 3. The van der Waals surface area contributed by atoms with Crippen molar-refractivity contribution in [1.29, 1.82) is 0 Å². The first-order valence-corrected chi connectivity index (χ1v) is 11.9. The molecule has 1 aliphatic carbocycles. The molecule has 1 aliphatic heterocycles. The van der Waals surface area contributed by atoms with Crippen LogP contribution in [0.5, 0.6) is 0 Å². The van der Waals surface area contributed by atoms with Gasteiger partial charge in [-0.05, 0) is 36.1 Å². The van der Waals surface area contributed by atoms with Crippen molar-refractivity contribution in [2.75, 3.05) is 41.1 Å². The minimum atomic E-state index is -1.12. The van der Waals surface area contributed by atoms with Crippen LogP contribution in [-0.4, -0.2) is 82.3 Å². The molecule has 2 aliphatic rings. The number of ether oxygens (including phenoxy) is 6. The topological polar surface area (TPSA) is 92.8 Å². The molecule has 1 heterocycles. The molecule has 194 valence electrons. The highest BCUT2D eigenvalue weighted by Crippen LogP contribution is 2.44. The van der Waals surface area contributed by atoms with Crippen molar-refractivity contribution < 1.29 is 38.0 Å². The Balaban J connectivity index is 1.59. The molecule has 9 heteroatoms. The molecule has 2 aromatic carbocycles. The molecule has 0 bridgehead atoms. The Morgan fingerprint density at radius 2 is 1.58 bits per heavy atom. The van der Waals surface area contributed by atoms with Crippen LogP contribution < -0.4 is 0 Å². The second-order valence-corrected chi connectivity index (χ2v) is 9.19. The Bertz CT molecular complexity index is 1040. The third-order valence-corrected chi connectivity index (χ3v) is 6.60. The molecule has 1 fully saturated rings. The number of nitrogens with zero attached hydrogens (tertiary/aromatic N) is 1. The van der Waals surface area contributed by atoms with Gasteiger partial charge in [0.1, 0.15) is 12.7 Å². The van der Waals surface area contributed by atoms with Gasteiger partial charge in [0.25, 0.3) is 0 Å². The number of carbonyl (C=O) groups excluding carboxylic acids is 2. The Labute approximate surface area is 211 Å². The van der Waals surface area contributed by atoms with Gasteiger partial charge in [0.05, 0.1) is 20.3 Å². The zero-order chi connectivity index (χ0) is 25.9. The van der Waals surface area contributed by atoms with E-state index in [1.165, 1.54) is 26.2 Å². The molecular formula is C27H33NO8. The summed E-state index contributed by atoms with van der Waals surface area (Å²) in [4.78, 5) is 27.7. The maximum atomic E-state index is 13.6. The molecule has 1 saturated heterocycles. The van der Waals surface area contributed by atoms with Gasteiger partial charge in [0, 0.05) is 20.1 Å². The molecule has 4 rings (SSSR count). The zero-order valence-corrected chi connectivity index (χ0v) is 21.3. The van der Waals surface area contributed by atoms with Gasteiger partial charge in [-0.2, -0.15) is 0 Å². The number of amides is 1. The second kappa shape index (κ2) is 11.0. The largest absolute Gasteiger partial charge is 0.467 e. The van der Waals surface area contributed by atoms with E-state index in [0.29, 0.717) is 0 Å². The van der Waals surface area contributed by atoms with Crippen LogP contribution in [0.25, 0.3) is 11.1 Å². The molecule has 0 N–H and O–H groups in total. The minimum Gasteiger partial charge on any atom is -0.467 e. The summed E-state index contributed by atoms with van der Waals surface area (Å²) in [7, 11) is 4.17. The lowest BCUT2D eigenvalue weighted by Gasteiger charge is -2.34.